The fourth-order valence-corrected chi connectivity index (χ4v) is 3.74. The lowest BCUT2D eigenvalue weighted by Crippen LogP contribution is -2.35. The Morgan fingerprint density at radius 1 is 1.13 bits per heavy atom. The van der Waals surface area contributed by atoms with E-state index < -0.39 is 12.0 Å². The first-order chi connectivity index (χ1) is 14.2. The fourth-order valence-electron chi connectivity index (χ4n) is 3.48. The number of carbonyl (C=O) groups excluding carboxylic acids is 2. The average molecular weight is 473 g/mol. The fraction of sp³-hybridized carbons (Fsp3) is 0.227. The molecule has 156 valence electrons. The van der Waals surface area contributed by atoms with Gasteiger partial charge < -0.3 is 15.5 Å². The van der Waals surface area contributed by atoms with Gasteiger partial charge in [0.15, 0.2) is 0 Å². The molecule has 0 aliphatic rings. The first-order valence-corrected chi connectivity index (χ1v) is 10.1. The number of hydrogen-bond donors (Lipinski definition) is 3. The first kappa shape index (κ1) is 21.6. The molecular weight excluding hydrogens is 452 g/mol. The van der Waals surface area contributed by atoms with Crippen LogP contribution in [0, 0.1) is 6.92 Å². The van der Waals surface area contributed by atoms with E-state index in [1.807, 2.05) is 0 Å². The Balaban J connectivity index is 2.01. The van der Waals surface area contributed by atoms with Gasteiger partial charge in [-0.3, -0.25) is 19.0 Å². The highest BCUT2D eigenvalue weighted by atomic mass is 79.9. The second kappa shape index (κ2) is 8.71. The van der Waals surface area contributed by atoms with E-state index in [0.717, 1.165) is 4.47 Å². The van der Waals surface area contributed by atoms with Crippen molar-refractivity contribution in [2.75, 3.05) is 0 Å². The molecule has 1 heterocycles. The van der Waals surface area contributed by atoms with E-state index in [0.29, 0.717) is 27.7 Å². The van der Waals surface area contributed by atoms with E-state index in [1.54, 1.807) is 44.2 Å². The SMILES string of the molecule is Cc1c(CC(=O)NC(C)CC(=O)O)c2cc(O)ccc2n1C(=O)c1ccc(Br)cc1. The number of aromatic hydroxyl groups is 1. The number of rotatable bonds is 6. The van der Waals surface area contributed by atoms with Crippen molar-refractivity contribution in [2.24, 2.45) is 0 Å². The lowest BCUT2D eigenvalue weighted by Gasteiger charge is -2.12. The summed E-state index contributed by atoms with van der Waals surface area (Å²) in [5.41, 5.74) is 2.26. The second-order valence-corrected chi connectivity index (χ2v) is 8.07. The molecule has 8 heteroatoms. The summed E-state index contributed by atoms with van der Waals surface area (Å²) in [6.45, 7) is 3.36. The van der Waals surface area contributed by atoms with Crippen LogP contribution in [0.4, 0.5) is 0 Å². The van der Waals surface area contributed by atoms with Gasteiger partial charge in [-0.1, -0.05) is 15.9 Å². The molecule has 0 fully saturated rings. The van der Waals surface area contributed by atoms with Crippen molar-refractivity contribution < 1.29 is 24.6 Å². The Kier molecular flexibility index (Phi) is 6.26. The molecule has 7 nitrogen and oxygen atoms in total. The number of nitrogens with one attached hydrogen (secondary N) is 1. The van der Waals surface area contributed by atoms with E-state index in [9.17, 15) is 19.5 Å². The van der Waals surface area contributed by atoms with E-state index in [2.05, 4.69) is 21.2 Å². The number of nitrogens with zero attached hydrogens (tertiary/aromatic N) is 1. The van der Waals surface area contributed by atoms with E-state index in [4.69, 9.17) is 5.11 Å². The summed E-state index contributed by atoms with van der Waals surface area (Å²) in [5.74, 6) is -1.58. The summed E-state index contributed by atoms with van der Waals surface area (Å²) < 4.78 is 2.38. The van der Waals surface area contributed by atoms with Crippen LogP contribution in [0.25, 0.3) is 10.9 Å². The third kappa shape index (κ3) is 4.54. The predicted molar refractivity (Wildman–Crippen MR) is 116 cm³/mol. The van der Waals surface area contributed by atoms with Crippen molar-refractivity contribution >= 4 is 44.6 Å². The molecule has 3 rings (SSSR count). The maximum atomic E-state index is 13.2. The zero-order chi connectivity index (χ0) is 22.0. The quantitative estimate of drug-likeness (QED) is 0.507. The van der Waals surface area contributed by atoms with Gasteiger partial charge in [0.25, 0.3) is 5.91 Å². The van der Waals surface area contributed by atoms with E-state index in [1.165, 1.54) is 16.7 Å². The third-order valence-electron chi connectivity index (χ3n) is 4.84. The molecule has 0 aliphatic heterocycles. The van der Waals surface area contributed by atoms with Crippen molar-refractivity contribution in [2.45, 2.75) is 32.7 Å². The minimum atomic E-state index is -0.999. The molecule has 30 heavy (non-hydrogen) atoms. The maximum absolute atomic E-state index is 13.2. The van der Waals surface area contributed by atoms with Gasteiger partial charge in [-0.05, 0) is 61.9 Å². The van der Waals surface area contributed by atoms with Crippen LogP contribution >= 0.6 is 15.9 Å². The Bertz CT molecular complexity index is 1130. The Labute approximate surface area is 181 Å². The highest BCUT2D eigenvalue weighted by molar-refractivity contribution is 9.10. The third-order valence-corrected chi connectivity index (χ3v) is 5.37. The largest absolute Gasteiger partial charge is 0.508 e. The molecule has 1 atom stereocenters. The number of phenols is 1. The highest BCUT2D eigenvalue weighted by Gasteiger charge is 2.22. The van der Waals surface area contributed by atoms with Gasteiger partial charge >= 0.3 is 5.97 Å². The van der Waals surface area contributed by atoms with Gasteiger partial charge in [-0.2, -0.15) is 0 Å². The number of carboxylic acid groups (broad SMARTS) is 1. The second-order valence-electron chi connectivity index (χ2n) is 7.16. The van der Waals surface area contributed by atoms with Gasteiger partial charge in [-0.25, -0.2) is 0 Å². The number of halogens is 1. The molecule has 0 saturated carbocycles. The molecule has 0 aliphatic carbocycles. The molecule has 0 spiro atoms. The van der Waals surface area contributed by atoms with Crippen LogP contribution in [0.1, 0.15) is 35.0 Å². The van der Waals surface area contributed by atoms with Crippen LogP contribution in [0.3, 0.4) is 0 Å². The van der Waals surface area contributed by atoms with E-state index in [-0.39, 0.29) is 30.4 Å². The molecular formula is C22H21BrN2O5. The summed E-state index contributed by atoms with van der Waals surface area (Å²) in [6.07, 6.45) is -0.230. The lowest BCUT2D eigenvalue weighted by molar-refractivity contribution is -0.137. The maximum Gasteiger partial charge on any atom is 0.305 e. The van der Waals surface area contributed by atoms with Crippen LogP contribution in [0.2, 0.25) is 0 Å². The smallest absolute Gasteiger partial charge is 0.305 e. The summed E-state index contributed by atoms with van der Waals surface area (Å²) in [4.78, 5) is 36.5. The van der Waals surface area contributed by atoms with Gasteiger partial charge in [0.2, 0.25) is 5.91 Å². The van der Waals surface area contributed by atoms with Crippen LogP contribution in [0.15, 0.2) is 46.9 Å². The Morgan fingerprint density at radius 2 is 1.80 bits per heavy atom. The summed E-state index contributed by atoms with van der Waals surface area (Å²) in [7, 11) is 0. The topological polar surface area (TPSA) is 109 Å². The zero-order valence-corrected chi connectivity index (χ0v) is 18.1. The summed E-state index contributed by atoms with van der Waals surface area (Å²) in [5, 5.41) is 22.1. The molecule has 2 aromatic carbocycles. The number of amides is 1. The number of carboxylic acids is 1. The van der Waals surface area contributed by atoms with Crippen molar-refractivity contribution in [3.05, 3.63) is 63.8 Å². The summed E-state index contributed by atoms with van der Waals surface area (Å²) in [6, 6.07) is 11.1. The van der Waals surface area contributed by atoms with Crippen LogP contribution < -0.4 is 5.32 Å². The van der Waals surface area contributed by atoms with Crippen LogP contribution in [-0.4, -0.2) is 38.6 Å². The van der Waals surface area contributed by atoms with Crippen molar-refractivity contribution in [1.82, 2.24) is 9.88 Å². The van der Waals surface area contributed by atoms with Crippen molar-refractivity contribution in [1.29, 1.82) is 0 Å². The van der Waals surface area contributed by atoms with Gasteiger partial charge in [0.1, 0.15) is 5.75 Å². The van der Waals surface area contributed by atoms with Gasteiger partial charge in [0, 0.05) is 27.2 Å². The number of aromatic nitrogens is 1. The van der Waals surface area contributed by atoms with Crippen LogP contribution in [0.5, 0.6) is 5.75 Å². The first-order valence-electron chi connectivity index (χ1n) is 9.31. The molecule has 0 radical (unpaired) electrons. The molecule has 1 unspecified atom stereocenters. The standard InChI is InChI=1S/C22H21BrN2O5/c1-12(9-21(28)29)24-20(27)11-17-13(2)25(19-8-7-16(26)10-18(17)19)22(30)14-3-5-15(23)6-4-14/h3-8,10,12,26H,9,11H2,1-2H3,(H,24,27)(H,28,29). The number of aliphatic carboxylic acids is 1. The summed E-state index contributed by atoms with van der Waals surface area (Å²) >= 11 is 3.35. The molecule has 3 aromatic rings. The minimum Gasteiger partial charge on any atom is -0.508 e. The molecule has 3 N–H and O–H groups in total. The number of phenolic OH excluding ortho intramolecular Hbond substituents is 1. The van der Waals surface area contributed by atoms with Crippen LogP contribution in [-0.2, 0) is 16.0 Å². The monoisotopic (exact) mass is 472 g/mol. The number of benzene rings is 2. The molecule has 0 saturated heterocycles. The molecule has 1 aromatic heterocycles. The van der Waals surface area contributed by atoms with E-state index >= 15 is 0 Å². The molecule has 1 amide bonds. The minimum absolute atomic E-state index is 0.0247. The highest BCUT2D eigenvalue weighted by Crippen LogP contribution is 2.30. The van der Waals surface area contributed by atoms with Gasteiger partial charge in [-0.15, -0.1) is 0 Å². The normalized spacial score (nSPS) is 12.0. The predicted octanol–water partition coefficient (Wildman–Crippen LogP) is 3.63. The number of carbonyl (C=O) groups is 3. The molecule has 0 bridgehead atoms. The van der Waals surface area contributed by atoms with Crippen molar-refractivity contribution in [3.8, 4) is 5.75 Å². The lowest BCUT2D eigenvalue weighted by atomic mass is 10.1. The van der Waals surface area contributed by atoms with Crippen molar-refractivity contribution in [3.63, 3.8) is 0 Å². The Hall–Kier alpha value is -3.13. The van der Waals surface area contributed by atoms with Gasteiger partial charge in [0.05, 0.1) is 18.4 Å². The number of fused-ring (bicyclic) bond motifs is 1. The zero-order valence-electron chi connectivity index (χ0n) is 16.5. The number of hydrogen-bond acceptors (Lipinski definition) is 4. The Morgan fingerprint density at radius 3 is 2.43 bits per heavy atom. The average Bonchev–Trinajstić information content (AvgIpc) is 2.92.